The molecule has 2 aromatic heterocycles. The Kier molecular flexibility index (Phi) is 5.51. The molecule has 1 amide bonds. The van der Waals surface area contributed by atoms with Crippen LogP contribution in [0, 0.1) is 0 Å². The summed E-state index contributed by atoms with van der Waals surface area (Å²) in [6, 6.07) is 16.0. The van der Waals surface area contributed by atoms with Crippen molar-refractivity contribution in [2.45, 2.75) is 19.4 Å². The molecule has 0 spiro atoms. The fourth-order valence-corrected chi connectivity index (χ4v) is 2.52. The first-order valence-electron chi connectivity index (χ1n) is 8.32. The van der Waals surface area contributed by atoms with Crippen molar-refractivity contribution in [3.8, 4) is 0 Å². The van der Waals surface area contributed by atoms with E-state index < -0.39 is 0 Å². The minimum Gasteiger partial charge on any atom is -0.340 e. The summed E-state index contributed by atoms with van der Waals surface area (Å²) >= 11 is 0. The van der Waals surface area contributed by atoms with Gasteiger partial charge >= 0.3 is 0 Å². The van der Waals surface area contributed by atoms with Crippen molar-refractivity contribution in [3.05, 3.63) is 77.9 Å². The normalized spacial score (nSPS) is 10.6. The van der Waals surface area contributed by atoms with Crippen LogP contribution in [0.1, 0.15) is 21.7 Å². The molecule has 0 saturated carbocycles. The standard InChI is InChI=1S/C19H21N5O/c1-23(13-11-17-9-5-6-12-20-17)19(25)18-15-24(22-21-18)14-10-16-7-3-2-4-8-16/h2-9,12,15H,10-11,13-14H2,1H3. The summed E-state index contributed by atoms with van der Waals surface area (Å²) in [6.45, 7) is 1.29. The second-order valence-electron chi connectivity index (χ2n) is 5.90. The Balaban J connectivity index is 1.53. The van der Waals surface area contributed by atoms with Crippen molar-refractivity contribution < 1.29 is 4.79 Å². The van der Waals surface area contributed by atoms with Crippen molar-refractivity contribution >= 4 is 5.91 Å². The molecule has 0 unspecified atom stereocenters. The van der Waals surface area contributed by atoms with E-state index >= 15 is 0 Å². The molecule has 128 valence electrons. The van der Waals surface area contributed by atoms with Gasteiger partial charge in [0, 0.05) is 38.4 Å². The van der Waals surface area contributed by atoms with E-state index in [1.807, 2.05) is 36.4 Å². The molecule has 0 aliphatic heterocycles. The van der Waals surface area contributed by atoms with Crippen molar-refractivity contribution in [1.82, 2.24) is 24.9 Å². The fourth-order valence-electron chi connectivity index (χ4n) is 2.52. The van der Waals surface area contributed by atoms with Gasteiger partial charge in [-0.25, -0.2) is 0 Å². The predicted octanol–water partition coefficient (Wildman–Crippen LogP) is 2.23. The van der Waals surface area contributed by atoms with Gasteiger partial charge in [0.2, 0.25) is 0 Å². The molecule has 0 fully saturated rings. The van der Waals surface area contributed by atoms with E-state index in [1.165, 1.54) is 5.56 Å². The lowest BCUT2D eigenvalue weighted by Gasteiger charge is -2.15. The van der Waals surface area contributed by atoms with E-state index in [2.05, 4.69) is 27.4 Å². The van der Waals surface area contributed by atoms with Crippen molar-refractivity contribution in [3.63, 3.8) is 0 Å². The third-order valence-electron chi connectivity index (χ3n) is 4.01. The number of nitrogens with zero attached hydrogens (tertiary/aromatic N) is 5. The highest BCUT2D eigenvalue weighted by Crippen LogP contribution is 2.04. The minimum absolute atomic E-state index is 0.123. The Bertz CT molecular complexity index is 801. The van der Waals surface area contributed by atoms with Gasteiger partial charge in [0.25, 0.3) is 5.91 Å². The molecule has 0 atom stereocenters. The Morgan fingerprint density at radius 2 is 1.88 bits per heavy atom. The highest BCUT2D eigenvalue weighted by Gasteiger charge is 2.15. The van der Waals surface area contributed by atoms with Gasteiger partial charge < -0.3 is 4.90 Å². The first kappa shape index (κ1) is 16.8. The number of hydrogen-bond acceptors (Lipinski definition) is 4. The molecule has 3 rings (SSSR count). The molecule has 0 saturated heterocycles. The van der Waals surface area contributed by atoms with Crippen LogP contribution in [0.5, 0.6) is 0 Å². The topological polar surface area (TPSA) is 63.9 Å². The smallest absolute Gasteiger partial charge is 0.275 e. The first-order valence-corrected chi connectivity index (χ1v) is 8.32. The largest absolute Gasteiger partial charge is 0.340 e. The highest BCUT2D eigenvalue weighted by molar-refractivity contribution is 5.91. The van der Waals surface area contributed by atoms with E-state index in [-0.39, 0.29) is 5.91 Å². The Labute approximate surface area is 147 Å². The van der Waals surface area contributed by atoms with Crippen molar-refractivity contribution in [1.29, 1.82) is 0 Å². The molecule has 0 N–H and O–H groups in total. The SMILES string of the molecule is CN(CCc1ccccn1)C(=O)c1cn(CCc2ccccc2)nn1. The van der Waals surface area contributed by atoms with Crippen LogP contribution in [0.15, 0.2) is 60.9 Å². The number of amides is 1. The Morgan fingerprint density at radius 3 is 2.64 bits per heavy atom. The van der Waals surface area contributed by atoms with E-state index in [9.17, 15) is 4.79 Å². The lowest BCUT2D eigenvalue weighted by molar-refractivity contribution is 0.0790. The second kappa shape index (κ2) is 8.19. The summed E-state index contributed by atoms with van der Waals surface area (Å²) in [5, 5.41) is 8.07. The lowest BCUT2D eigenvalue weighted by atomic mass is 10.1. The van der Waals surface area contributed by atoms with Crippen LogP contribution < -0.4 is 0 Å². The number of hydrogen-bond donors (Lipinski definition) is 0. The number of rotatable bonds is 7. The van der Waals surface area contributed by atoms with Gasteiger partial charge in [-0.2, -0.15) is 0 Å². The number of aryl methyl sites for hydroxylation is 2. The maximum absolute atomic E-state index is 12.4. The van der Waals surface area contributed by atoms with E-state index in [4.69, 9.17) is 0 Å². The predicted molar refractivity (Wildman–Crippen MR) is 95.1 cm³/mol. The van der Waals surface area contributed by atoms with Gasteiger partial charge in [0.15, 0.2) is 5.69 Å². The molecule has 6 heteroatoms. The van der Waals surface area contributed by atoms with Crippen LogP contribution in [-0.4, -0.2) is 44.4 Å². The zero-order valence-electron chi connectivity index (χ0n) is 14.2. The summed E-state index contributed by atoms with van der Waals surface area (Å²) < 4.78 is 1.72. The molecular weight excluding hydrogens is 314 g/mol. The first-order chi connectivity index (χ1) is 12.2. The molecule has 0 aliphatic rings. The monoisotopic (exact) mass is 335 g/mol. The summed E-state index contributed by atoms with van der Waals surface area (Å²) in [7, 11) is 1.77. The van der Waals surface area contributed by atoms with Crippen LogP contribution >= 0.6 is 0 Å². The number of carbonyl (C=O) groups is 1. The number of carbonyl (C=O) groups excluding carboxylic acids is 1. The average Bonchev–Trinajstić information content (AvgIpc) is 3.14. The number of pyridine rings is 1. The summed E-state index contributed by atoms with van der Waals surface area (Å²) in [4.78, 5) is 18.4. The van der Waals surface area contributed by atoms with Crippen LogP contribution in [0.25, 0.3) is 0 Å². The van der Waals surface area contributed by atoms with Gasteiger partial charge in [-0.05, 0) is 24.1 Å². The van der Waals surface area contributed by atoms with E-state index in [0.717, 1.165) is 12.1 Å². The van der Waals surface area contributed by atoms with E-state index in [1.54, 1.807) is 29.0 Å². The minimum atomic E-state index is -0.123. The summed E-state index contributed by atoms with van der Waals surface area (Å²) in [5.41, 5.74) is 2.57. The number of benzene rings is 1. The lowest BCUT2D eigenvalue weighted by Crippen LogP contribution is -2.29. The van der Waals surface area contributed by atoms with Crippen LogP contribution in [0.2, 0.25) is 0 Å². The number of aromatic nitrogens is 4. The highest BCUT2D eigenvalue weighted by atomic mass is 16.2. The Morgan fingerprint density at radius 1 is 1.08 bits per heavy atom. The molecule has 0 radical (unpaired) electrons. The number of likely N-dealkylation sites (N-methyl/N-ethyl adjacent to an activating group) is 1. The maximum atomic E-state index is 12.4. The van der Waals surface area contributed by atoms with Crippen molar-refractivity contribution in [2.75, 3.05) is 13.6 Å². The quantitative estimate of drug-likeness (QED) is 0.664. The maximum Gasteiger partial charge on any atom is 0.275 e. The molecule has 6 nitrogen and oxygen atoms in total. The zero-order chi connectivity index (χ0) is 17.5. The van der Waals surface area contributed by atoms with Gasteiger partial charge in [0.05, 0.1) is 6.20 Å². The second-order valence-corrected chi connectivity index (χ2v) is 5.90. The molecule has 1 aromatic carbocycles. The molecule has 2 heterocycles. The molecule has 0 aliphatic carbocycles. The molecule has 25 heavy (non-hydrogen) atoms. The van der Waals surface area contributed by atoms with Crippen LogP contribution in [-0.2, 0) is 19.4 Å². The van der Waals surface area contributed by atoms with Crippen LogP contribution in [0.3, 0.4) is 0 Å². The third-order valence-corrected chi connectivity index (χ3v) is 4.01. The van der Waals surface area contributed by atoms with Gasteiger partial charge in [-0.3, -0.25) is 14.5 Å². The fraction of sp³-hybridized carbons (Fsp3) is 0.263. The average molecular weight is 335 g/mol. The molecular formula is C19H21N5O. The van der Waals surface area contributed by atoms with Gasteiger partial charge in [0.1, 0.15) is 0 Å². The summed E-state index contributed by atoms with van der Waals surface area (Å²) in [5.74, 6) is -0.123. The third kappa shape index (κ3) is 4.73. The van der Waals surface area contributed by atoms with Crippen LogP contribution in [0.4, 0.5) is 0 Å². The van der Waals surface area contributed by atoms with Gasteiger partial charge in [-0.15, -0.1) is 5.10 Å². The molecule has 0 bridgehead atoms. The zero-order valence-corrected chi connectivity index (χ0v) is 14.2. The summed E-state index contributed by atoms with van der Waals surface area (Å²) in [6.07, 6.45) is 5.04. The molecule has 3 aromatic rings. The van der Waals surface area contributed by atoms with E-state index in [0.29, 0.717) is 25.2 Å². The Hall–Kier alpha value is -3.02. The van der Waals surface area contributed by atoms with Crippen molar-refractivity contribution in [2.24, 2.45) is 0 Å². The van der Waals surface area contributed by atoms with Gasteiger partial charge in [-0.1, -0.05) is 41.6 Å².